The van der Waals surface area contributed by atoms with E-state index in [9.17, 15) is 8.78 Å². The standard InChI is InChI=1S/C16H13F2N5O3/c1-24-15-20-7-10(12(19)21-15)13-22-14(26-23-13)8-2-4-9(5-3-8)25-11-6-16(11,17)18/h2-5,7,11H,6H2,1H3,(H2,19,20,21). The van der Waals surface area contributed by atoms with Gasteiger partial charge in [-0.1, -0.05) is 5.16 Å². The van der Waals surface area contributed by atoms with Gasteiger partial charge >= 0.3 is 6.01 Å². The Morgan fingerprint density at radius 2 is 1.96 bits per heavy atom. The minimum absolute atomic E-state index is 0.131. The molecule has 1 saturated carbocycles. The Morgan fingerprint density at radius 1 is 1.23 bits per heavy atom. The number of rotatable bonds is 5. The van der Waals surface area contributed by atoms with E-state index >= 15 is 0 Å². The molecule has 0 radical (unpaired) electrons. The van der Waals surface area contributed by atoms with E-state index in [1.807, 2.05) is 0 Å². The largest absolute Gasteiger partial charge is 0.484 e. The van der Waals surface area contributed by atoms with Crippen LogP contribution in [-0.4, -0.2) is 39.2 Å². The van der Waals surface area contributed by atoms with E-state index < -0.39 is 12.0 Å². The van der Waals surface area contributed by atoms with Crippen LogP contribution in [0.5, 0.6) is 11.8 Å². The fourth-order valence-electron chi connectivity index (χ4n) is 2.26. The summed E-state index contributed by atoms with van der Waals surface area (Å²) in [4.78, 5) is 12.2. The van der Waals surface area contributed by atoms with Crippen molar-refractivity contribution in [3.05, 3.63) is 30.5 Å². The number of anilines is 1. The number of aromatic nitrogens is 4. The highest BCUT2D eigenvalue weighted by Crippen LogP contribution is 2.44. The molecule has 4 rings (SSSR count). The first kappa shape index (κ1) is 16.2. The SMILES string of the molecule is COc1ncc(-c2noc(-c3ccc(OC4CC4(F)F)cc3)n2)c(N)n1. The number of methoxy groups -OCH3 is 1. The first-order valence-electron chi connectivity index (χ1n) is 7.62. The molecular formula is C16H13F2N5O3. The lowest BCUT2D eigenvalue weighted by Gasteiger charge is -2.04. The lowest BCUT2D eigenvalue weighted by Crippen LogP contribution is -2.06. The molecule has 2 N–H and O–H groups in total. The molecule has 0 saturated heterocycles. The van der Waals surface area contributed by atoms with Gasteiger partial charge in [-0.05, 0) is 24.3 Å². The summed E-state index contributed by atoms with van der Waals surface area (Å²) in [6.07, 6.45) is 0.122. The second-order valence-electron chi connectivity index (χ2n) is 5.67. The van der Waals surface area contributed by atoms with E-state index in [0.29, 0.717) is 16.9 Å². The van der Waals surface area contributed by atoms with Crippen molar-refractivity contribution < 1.29 is 22.8 Å². The molecule has 2 aromatic heterocycles. The van der Waals surface area contributed by atoms with Crippen LogP contribution in [0.15, 0.2) is 35.0 Å². The minimum Gasteiger partial charge on any atom is -0.484 e. The third-order valence-electron chi connectivity index (χ3n) is 3.79. The van der Waals surface area contributed by atoms with Crippen LogP contribution in [0.3, 0.4) is 0 Å². The number of hydrogen-bond acceptors (Lipinski definition) is 8. The van der Waals surface area contributed by atoms with Gasteiger partial charge in [0.05, 0.1) is 19.1 Å². The Morgan fingerprint density at radius 3 is 2.58 bits per heavy atom. The highest BCUT2D eigenvalue weighted by Gasteiger charge is 2.59. The van der Waals surface area contributed by atoms with Crippen molar-refractivity contribution in [3.8, 4) is 34.6 Å². The van der Waals surface area contributed by atoms with Gasteiger partial charge in [-0.25, -0.2) is 13.8 Å². The maximum absolute atomic E-state index is 12.9. The van der Waals surface area contributed by atoms with E-state index in [0.717, 1.165) is 0 Å². The van der Waals surface area contributed by atoms with Crippen LogP contribution in [0.2, 0.25) is 0 Å². The van der Waals surface area contributed by atoms with Crippen LogP contribution in [0.25, 0.3) is 22.8 Å². The Hall–Kier alpha value is -3.30. The summed E-state index contributed by atoms with van der Waals surface area (Å²) in [7, 11) is 1.43. The molecule has 1 aliphatic carbocycles. The lowest BCUT2D eigenvalue weighted by atomic mass is 10.2. The summed E-state index contributed by atoms with van der Waals surface area (Å²) in [6, 6.07) is 6.55. The van der Waals surface area contributed by atoms with Crippen LogP contribution in [0.4, 0.5) is 14.6 Å². The molecule has 134 valence electrons. The third-order valence-corrected chi connectivity index (χ3v) is 3.79. The second kappa shape index (κ2) is 5.90. The average Bonchev–Trinajstić information content (AvgIpc) is 3.02. The van der Waals surface area contributed by atoms with Crippen LogP contribution in [-0.2, 0) is 0 Å². The van der Waals surface area contributed by atoms with Crippen LogP contribution < -0.4 is 15.2 Å². The van der Waals surface area contributed by atoms with Crippen LogP contribution in [0.1, 0.15) is 6.42 Å². The molecule has 0 aliphatic heterocycles. The number of alkyl halides is 2. The van der Waals surface area contributed by atoms with Crippen molar-refractivity contribution in [1.29, 1.82) is 0 Å². The third kappa shape index (κ3) is 3.01. The molecule has 1 aromatic carbocycles. The zero-order valence-corrected chi connectivity index (χ0v) is 13.5. The highest BCUT2D eigenvalue weighted by molar-refractivity contribution is 5.68. The molecule has 2 heterocycles. The van der Waals surface area contributed by atoms with Gasteiger partial charge in [0.25, 0.3) is 11.8 Å². The summed E-state index contributed by atoms with van der Waals surface area (Å²) in [5, 5.41) is 3.86. The molecule has 0 spiro atoms. The van der Waals surface area contributed by atoms with Gasteiger partial charge in [0.2, 0.25) is 5.82 Å². The summed E-state index contributed by atoms with van der Waals surface area (Å²) >= 11 is 0. The fraction of sp³-hybridized carbons (Fsp3) is 0.250. The van der Waals surface area contributed by atoms with E-state index in [-0.39, 0.29) is 30.0 Å². The van der Waals surface area contributed by atoms with Gasteiger partial charge in [0.15, 0.2) is 6.10 Å². The van der Waals surface area contributed by atoms with Crippen molar-refractivity contribution in [2.75, 3.05) is 12.8 Å². The molecule has 0 amide bonds. The quantitative estimate of drug-likeness (QED) is 0.738. The fourth-order valence-corrected chi connectivity index (χ4v) is 2.26. The molecule has 8 nitrogen and oxygen atoms in total. The number of nitrogen functional groups attached to an aromatic ring is 1. The summed E-state index contributed by atoms with van der Waals surface area (Å²) in [5.41, 5.74) is 6.84. The van der Waals surface area contributed by atoms with Gasteiger partial charge in [0, 0.05) is 11.8 Å². The zero-order valence-electron chi connectivity index (χ0n) is 13.5. The number of halogens is 2. The monoisotopic (exact) mass is 361 g/mol. The predicted octanol–water partition coefficient (Wildman–Crippen LogP) is 2.57. The Labute approximate surface area is 146 Å². The molecule has 10 heteroatoms. The minimum atomic E-state index is -2.74. The first-order chi connectivity index (χ1) is 12.5. The smallest absolute Gasteiger partial charge is 0.318 e. The Kier molecular flexibility index (Phi) is 3.67. The molecule has 0 bridgehead atoms. The van der Waals surface area contributed by atoms with E-state index in [4.69, 9.17) is 19.7 Å². The maximum Gasteiger partial charge on any atom is 0.318 e. The molecule has 26 heavy (non-hydrogen) atoms. The summed E-state index contributed by atoms with van der Waals surface area (Å²) in [5.74, 6) is -1.78. The number of nitrogens with two attached hydrogens (primary N) is 1. The van der Waals surface area contributed by atoms with E-state index in [1.165, 1.54) is 13.3 Å². The van der Waals surface area contributed by atoms with Gasteiger partial charge in [-0.15, -0.1) is 0 Å². The van der Waals surface area contributed by atoms with Gasteiger partial charge in [-0.2, -0.15) is 9.97 Å². The maximum atomic E-state index is 12.9. The normalized spacial score (nSPS) is 17.7. The van der Waals surface area contributed by atoms with E-state index in [2.05, 4.69) is 20.1 Å². The first-order valence-corrected chi connectivity index (χ1v) is 7.62. The average molecular weight is 361 g/mol. The Bertz CT molecular complexity index is 945. The summed E-state index contributed by atoms with van der Waals surface area (Å²) < 4.78 is 41.1. The molecule has 1 unspecified atom stereocenters. The van der Waals surface area contributed by atoms with Crippen LogP contribution >= 0.6 is 0 Å². The lowest BCUT2D eigenvalue weighted by molar-refractivity contribution is 0.0665. The predicted molar refractivity (Wildman–Crippen MR) is 85.7 cm³/mol. The molecule has 3 aromatic rings. The second-order valence-corrected chi connectivity index (χ2v) is 5.67. The number of hydrogen-bond donors (Lipinski definition) is 1. The van der Waals surface area contributed by atoms with Crippen molar-refractivity contribution in [2.45, 2.75) is 18.4 Å². The molecule has 1 aliphatic rings. The van der Waals surface area contributed by atoms with Gasteiger partial charge < -0.3 is 19.7 Å². The van der Waals surface area contributed by atoms with Crippen LogP contribution in [0, 0.1) is 0 Å². The molecule has 1 fully saturated rings. The van der Waals surface area contributed by atoms with E-state index in [1.54, 1.807) is 24.3 Å². The number of benzene rings is 1. The topological polar surface area (TPSA) is 109 Å². The van der Waals surface area contributed by atoms with Crippen molar-refractivity contribution >= 4 is 5.82 Å². The van der Waals surface area contributed by atoms with Gasteiger partial charge in [0.1, 0.15) is 11.6 Å². The Balaban J connectivity index is 1.52. The molecule has 1 atom stereocenters. The van der Waals surface area contributed by atoms with Crippen molar-refractivity contribution in [1.82, 2.24) is 20.1 Å². The zero-order chi connectivity index (χ0) is 18.3. The number of nitrogens with zero attached hydrogens (tertiary/aromatic N) is 4. The van der Waals surface area contributed by atoms with Gasteiger partial charge in [-0.3, -0.25) is 0 Å². The number of ether oxygens (including phenoxy) is 2. The van der Waals surface area contributed by atoms with Crippen molar-refractivity contribution in [3.63, 3.8) is 0 Å². The molecular weight excluding hydrogens is 348 g/mol. The van der Waals surface area contributed by atoms with Crippen molar-refractivity contribution in [2.24, 2.45) is 0 Å². The highest BCUT2D eigenvalue weighted by atomic mass is 19.3. The summed E-state index contributed by atoms with van der Waals surface area (Å²) in [6.45, 7) is 0.